The maximum atomic E-state index is 4.08. The van der Waals surface area contributed by atoms with Crippen molar-refractivity contribution in [1.82, 2.24) is 4.90 Å². The molecular weight excluding hydrogens is 282 g/mol. The molecule has 0 aromatic heterocycles. The first-order valence-corrected chi connectivity index (χ1v) is 12.0. The minimum atomic E-state index is -1.20. The number of likely N-dealkylation sites (tertiary alicyclic amines) is 1. The lowest BCUT2D eigenvalue weighted by Crippen LogP contribution is -2.43. The van der Waals surface area contributed by atoms with E-state index in [1.807, 2.05) is 0 Å². The molecule has 0 unspecified atom stereocenters. The van der Waals surface area contributed by atoms with Gasteiger partial charge in [-0.15, -0.1) is 6.58 Å². The fraction of sp³-hybridized carbons (Fsp3) is 0.500. The smallest absolute Gasteiger partial charge is 0.0687 e. The maximum absolute atomic E-state index is 4.08. The van der Waals surface area contributed by atoms with Crippen LogP contribution < -0.4 is 0 Å². The highest BCUT2D eigenvalue weighted by molar-refractivity contribution is 6.81. The summed E-state index contributed by atoms with van der Waals surface area (Å²) in [7, 11) is -1.20. The van der Waals surface area contributed by atoms with E-state index < -0.39 is 8.07 Å². The summed E-state index contributed by atoms with van der Waals surface area (Å²) in [6, 6.07) is 11.9. The van der Waals surface area contributed by atoms with Gasteiger partial charge in [-0.1, -0.05) is 67.3 Å². The Bertz CT molecular complexity index is 526. The highest BCUT2D eigenvalue weighted by Crippen LogP contribution is 2.34. The first-order valence-electron chi connectivity index (χ1n) is 8.46. The van der Waals surface area contributed by atoms with E-state index in [1.54, 1.807) is 5.57 Å². The van der Waals surface area contributed by atoms with Crippen LogP contribution in [0.25, 0.3) is 0 Å². The number of piperidine rings is 1. The predicted molar refractivity (Wildman–Crippen MR) is 101 cm³/mol. The van der Waals surface area contributed by atoms with Crippen molar-refractivity contribution in [2.45, 2.75) is 52.0 Å². The van der Waals surface area contributed by atoms with Gasteiger partial charge in [-0.2, -0.15) is 0 Å². The van der Waals surface area contributed by atoms with Gasteiger partial charge in [-0.25, -0.2) is 0 Å². The Kier molecular flexibility index (Phi) is 5.46. The molecule has 1 aromatic carbocycles. The highest BCUT2D eigenvalue weighted by atomic mass is 28.3. The Balaban J connectivity index is 2.26. The van der Waals surface area contributed by atoms with Crippen LogP contribution in [-0.4, -0.2) is 25.6 Å². The number of rotatable bonds is 4. The molecule has 0 amide bonds. The van der Waals surface area contributed by atoms with Gasteiger partial charge in [0.1, 0.15) is 0 Å². The minimum absolute atomic E-state index is 0.465. The molecule has 1 aliphatic rings. The molecule has 1 heterocycles. The summed E-state index contributed by atoms with van der Waals surface area (Å²) in [5, 5.41) is 0. The van der Waals surface area contributed by atoms with Gasteiger partial charge < -0.3 is 0 Å². The molecule has 0 saturated carbocycles. The molecule has 22 heavy (non-hydrogen) atoms. The molecule has 0 spiro atoms. The zero-order valence-corrected chi connectivity index (χ0v) is 15.8. The van der Waals surface area contributed by atoms with Gasteiger partial charge >= 0.3 is 0 Å². The molecule has 1 aliphatic heterocycles. The van der Waals surface area contributed by atoms with Crippen LogP contribution in [0.3, 0.4) is 0 Å². The van der Waals surface area contributed by atoms with Gasteiger partial charge in [-0.05, 0) is 31.7 Å². The molecule has 0 aliphatic carbocycles. The number of hydrogen-bond acceptors (Lipinski definition) is 1. The second-order valence-corrected chi connectivity index (χ2v) is 12.8. The highest BCUT2D eigenvalue weighted by Gasteiger charge is 2.31. The van der Waals surface area contributed by atoms with E-state index in [2.05, 4.69) is 87.1 Å². The first kappa shape index (κ1) is 17.2. The van der Waals surface area contributed by atoms with E-state index >= 15 is 0 Å². The first-order chi connectivity index (χ1) is 10.3. The van der Waals surface area contributed by atoms with Gasteiger partial charge in [0.25, 0.3) is 0 Å². The molecule has 1 fully saturated rings. The van der Waals surface area contributed by atoms with Gasteiger partial charge in [0.15, 0.2) is 0 Å². The van der Waals surface area contributed by atoms with Crippen molar-refractivity contribution in [3.8, 4) is 0 Å². The van der Waals surface area contributed by atoms with Gasteiger partial charge in [0.05, 0.1) is 8.07 Å². The van der Waals surface area contributed by atoms with E-state index in [9.17, 15) is 0 Å². The summed E-state index contributed by atoms with van der Waals surface area (Å²) >= 11 is 0. The topological polar surface area (TPSA) is 3.24 Å². The Hall–Kier alpha value is -1.12. The third kappa shape index (κ3) is 4.20. The average molecular weight is 314 g/mol. The predicted octanol–water partition coefficient (Wildman–Crippen LogP) is 5.45. The lowest BCUT2D eigenvalue weighted by atomic mass is 9.86. The summed E-state index contributed by atoms with van der Waals surface area (Å²) < 4.78 is 0. The molecule has 1 saturated heterocycles. The van der Waals surface area contributed by atoms with Gasteiger partial charge in [0, 0.05) is 18.6 Å². The van der Waals surface area contributed by atoms with Crippen LogP contribution in [0.5, 0.6) is 0 Å². The largest absolute Gasteiger partial charge is 0.290 e. The minimum Gasteiger partial charge on any atom is -0.290 e. The van der Waals surface area contributed by atoms with Crippen LogP contribution >= 0.6 is 0 Å². The third-order valence-electron chi connectivity index (χ3n) is 4.68. The van der Waals surface area contributed by atoms with Crippen molar-refractivity contribution in [1.29, 1.82) is 0 Å². The Morgan fingerprint density at radius 1 is 1.23 bits per heavy atom. The van der Waals surface area contributed by atoms with E-state index in [0.717, 1.165) is 6.54 Å². The van der Waals surface area contributed by atoms with Crippen LogP contribution in [0.4, 0.5) is 0 Å². The molecule has 0 bridgehead atoms. The number of nitrogens with zero attached hydrogens (tertiary/aromatic N) is 1. The molecule has 120 valence electrons. The monoisotopic (exact) mass is 313 g/mol. The zero-order valence-electron chi connectivity index (χ0n) is 14.8. The van der Waals surface area contributed by atoms with E-state index in [-0.39, 0.29) is 0 Å². The molecule has 0 radical (unpaired) electrons. The van der Waals surface area contributed by atoms with Crippen LogP contribution in [0.2, 0.25) is 19.6 Å². The standard InChI is InChI=1S/C20H31NSi/c1-7-18-13-16(2)21(14-20(18)15-22(4,5)6)17(3)19-11-9-8-10-12-19/h7-12,15-18H,1,13-14H2,2-6H3/b20-15+/t16-,17-,18+/m1/s1. The van der Waals surface area contributed by atoms with Crippen LogP contribution in [0.15, 0.2) is 54.3 Å². The summed E-state index contributed by atoms with van der Waals surface area (Å²) in [6.07, 6.45) is 3.35. The molecule has 2 rings (SSSR count). The van der Waals surface area contributed by atoms with Crippen LogP contribution in [0, 0.1) is 5.92 Å². The summed E-state index contributed by atoms with van der Waals surface area (Å²) in [5.74, 6) is 0.556. The van der Waals surface area contributed by atoms with Crippen LogP contribution in [0.1, 0.15) is 31.9 Å². The Morgan fingerprint density at radius 3 is 2.41 bits per heavy atom. The fourth-order valence-electron chi connectivity index (χ4n) is 3.54. The molecule has 0 N–H and O–H groups in total. The van der Waals surface area contributed by atoms with Crippen molar-refractivity contribution in [3.05, 3.63) is 59.8 Å². The SMILES string of the molecule is C=C[C@H]1C[C@@H](C)N([C@H](C)c2ccccc2)C/C1=C\[Si](C)(C)C. The van der Waals surface area contributed by atoms with E-state index in [0.29, 0.717) is 18.0 Å². The second-order valence-electron chi connectivity index (χ2n) is 7.77. The van der Waals surface area contributed by atoms with E-state index in [4.69, 9.17) is 0 Å². The van der Waals surface area contributed by atoms with Gasteiger partial charge in [-0.3, -0.25) is 4.90 Å². The van der Waals surface area contributed by atoms with Crippen molar-refractivity contribution in [3.63, 3.8) is 0 Å². The second kappa shape index (κ2) is 6.97. The third-order valence-corrected chi connectivity index (χ3v) is 5.92. The maximum Gasteiger partial charge on any atom is 0.0687 e. The molecule has 2 heteroatoms. The number of hydrogen-bond donors (Lipinski definition) is 0. The lowest BCUT2D eigenvalue weighted by Gasteiger charge is -2.43. The Labute approximate surface area is 137 Å². The summed E-state index contributed by atoms with van der Waals surface area (Å²) in [6.45, 7) is 17.1. The molecule has 1 nitrogen and oxygen atoms in total. The lowest BCUT2D eigenvalue weighted by molar-refractivity contribution is 0.128. The van der Waals surface area contributed by atoms with Crippen LogP contribution in [-0.2, 0) is 0 Å². The van der Waals surface area contributed by atoms with Crippen molar-refractivity contribution < 1.29 is 0 Å². The normalized spacial score (nSPS) is 26.9. The quantitative estimate of drug-likeness (QED) is 0.528. The molecule has 1 aromatic rings. The number of allylic oxidation sites excluding steroid dienone is 1. The summed E-state index contributed by atoms with van der Waals surface area (Å²) in [5.41, 5.74) is 5.60. The zero-order chi connectivity index (χ0) is 16.3. The Morgan fingerprint density at radius 2 is 1.86 bits per heavy atom. The van der Waals surface area contributed by atoms with Crippen molar-refractivity contribution >= 4 is 8.07 Å². The van der Waals surface area contributed by atoms with E-state index in [1.165, 1.54) is 12.0 Å². The fourth-order valence-corrected chi connectivity index (χ4v) is 4.95. The number of benzene rings is 1. The van der Waals surface area contributed by atoms with Crippen molar-refractivity contribution in [2.75, 3.05) is 6.54 Å². The molecule has 3 atom stereocenters. The van der Waals surface area contributed by atoms with Crippen molar-refractivity contribution in [2.24, 2.45) is 5.92 Å². The summed E-state index contributed by atoms with van der Waals surface area (Å²) in [4.78, 5) is 2.65. The molecular formula is C20H31NSi. The average Bonchev–Trinajstić information content (AvgIpc) is 2.47. The van der Waals surface area contributed by atoms with Gasteiger partial charge in [0.2, 0.25) is 0 Å².